The van der Waals surface area contributed by atoms with Crippen molar-refractivity contribution in [1.29, 1.82) is 0 Å². The van der Waals surface area contributed by atoms with Crippen molar-refractivity contribution >= 4 is 12.0 Å². The summed E-state index contributed by atoms with van der Waals surface area (Å²) in [4.78, 5) is 25.1. The Balaban J connectivity index is 1.88. The van der Waals surface area contributed by atoms with Crippen LogP contribution in [0.15, 0.2) is 30.3 Å². The van der Waals surface area contributed by atoms with E-state index in [2.05, 4.69) is 5.32 Å². The minimum atomic E-state index is -0.510. The topological polar surface area (TPSA) is 58.6 Å². The minimum Gasteiger partial charge on any atom is -0.462 e. The van der Waals surface area contributed by atoms with E-state index in [1.165, 1.54) is 0 Å². The zero-order valence-electron chi connectivity index (χ0n) is 10.00. The first kappa shape index (κ1) is 11.1. The van der Waals surface area contributed by atoms with Gasteiger partial charge in [-0.05, 0) is 12.5 Å². The predicted molar refractivity (Wildman–Crippen MR) is 63.8 cm³/mol. The van der Waals surface area contributed by atoms with Crippen LogP contribution in [0.1, 0.15) is 18.5 Å². The summed E-state index contributed by atoms with van der Waals surface area (Å²) in [6.45, 7) is 2.24. The maximum absolute atomic E-state index is 12.0. The van der Waals surface area contributed by atoms with Crippen LogP contribution in [-0.4, -0.2) is 35.6 Å². The molecule has 2 aliphatic heterocycles. The smallest absolute Gasteiger partial charge is 0.331 e. The number of carbonyl (C=O) groups is 2. The molecule has 0 aliphatic carbocycles. The molecule has 1 N–H and O–H groups in total. The zero-order chi connectivity index (χ0) is 12.7. The Labute approximate surface area is 105 Å². The van der Waals surface area contributed by atoms with Gasteiger partial charge in [0.15, 0.2) is 6.04 Å². The maximum Gasteiger partial charge on any atom is 0.331 e. The summed E-state index contributed by atoms with van der Waals surface area (Å²) < 4.78 is 4.99. The molecule has 0 aromatic heterocycles. The van der Waals surface area contributed by atoms with Gasteiger partial charge in [-0.2, -0.15) is 0 Å². The second-order valence-electron chi connectivity index (χ2n) is 4.62. The van der Waals surface area contributed by atoms with Crippen molar-refractivity contribution in [2.75, 3.05) is 6.61 Å². The van der Waals surface area contributed by atoms with Crippen LogP contribution in [0, 0.1) is 0 Å². The molecule has 5 nitrogen and oxygen atoms in total. The summed E-state index contributed by atoms with van der Waals surface area (Å²) in [5, 5.41) is 2.68. The number of nitrogens with zero attached hydrogens (tertiary/aromatic N) is 1. The molecule has 0 bridgehead atoms. The fraction of sp³-hybridized carbons (Fsp3) is 0.385. The monoisotopic (exact) mass is 246 g/mol. The van der Waals surface area contributed by atoms with Gasteiger partial charge in [0.2, 0.25) is 0 Å². The molecular weight excluding hydrogens is 232 g/mol. The quantitative estimate of drug-likeness (QED) is 0.794. The molecule has 2 heterocycles. The molecule has 0 spiro atoms. The third-order valence-electron chi connectivity index (χ3n) is 3.61. The van der Waals surface area contributed by atoms with Gasteiger partial charge in [0, 0.05) is 0 Å². The molecule has 18 heavy (non-hydrogen) atoms. The van der Waals surface area contributed by atoms with E-state index in [1.54, 1.807) is 4.90 Å². The van der Waals surface area contributed by atoms with Gasteiger partial charge in [0.1, 0.15) is 6.61 Å². The second-order valence-corrected chi connectivity index (χ2v) is 4.62. The SMILES string of the molecule is C[C@@H](c1ccccc1)N1C(=O)N[C@@H]2C(=O)OC[C@@H]21. The molecule has 2 fully saturated rings. The Morgan fingerprint density at radius 3 is 2.78 bits per heavy atom. The highest BCUT2D eigenvalue weighted by molar-refractivity contribution is 5.90. The van der Waals surface area contributed by atoms with E-state index >= 15 is 0 Å². The van der Waals surface area contributed by atoms with E-state index in [0.717, 1.165) is 5.56 Å². The summed E-state index contributed by atoms with van der Waals surface area (Å²) in [5.74, 6) is -0.337. The number of benzene rings is 1. The first-order chi connectivity index (χ1) is 8.68. The number of esters is 1. The zero-order valence-corrected chi connectivity index (χ0v) is 10.00. The summed E-state index contributed by atoms with van der Waals surface area (Å²) in [5.41, 5.74) is 1.05. The highest BCUT2D eigenvalue weighted by Gasteiger charge is 2.50. The lowest BCUT2D eigenvalue weighted by molar-refractivity contribution is -0.139. The van der Waals surface area contributed by atoms with Crippen LogP contribution in [0.3, 0.4) is 0 Å². The summed E-state index contributed by atoms with van der Waals surface area (Å²) in [7, 11) is 0. The molecule has 3 rings (SSSR count). The lowest BCUT2D eigenvalue weighted by Crippen LogP contribution is -2.38. The van der Waals surface area contributed by atoms with Crippen molar-refractivity contribution in [1.82, 2.24) is 10.2 Å². The molecule has 1 aromatic carbocycles. The van der Waals surface area contributed by atoms with E-state index < -0.39 is 6.04 Å². The van der Waals surface area contributed by atoms with Crippen molar-refractivity contribution in [2.24, 2.45) is 0 Å². The highest BCUT2D eigenvalue weighted by Crippen LogP contribution is 2.30. The summed E-state index contributed by atoms with van der Waals surface area (Å²) >= 11 is 0. The average Bonchev–Trinajstić information content (AvgIpc) is 2.89. The molecule has 2 aliphatic rings. The van der Waals surface area contributed by atoms with E-state index in [-0.39, 0.29) is 30.7 Å². The third-order valence-corrected chi connectivity index (χ3v) is 3.61. The molecule has 2 amide bonds. The van der Waals surface area contributed by atoms with Gasteiger partial charge in [0.05, 0.1) is 12.1 Å². The lowest BCUT2D eigenvalue weighted by atomic mass is 10.0. The number of urea groups is 1. The Kier molecular flexibility index (Phi) is 2.47. The maximum atomic E-state index is 12.0. The Hall–Kier alpha value is -2.04. The molecular formula is C13H14N2O3. The molecule has 1 aromatic rings. The minimum absolute atomic E-state index is 0.0734. The van der Waals surface area contributed by atoms with Crippen LogP contribution in [0.25, 0.3) is 0 Å². The molecule has 94 valence electrons. The number of carbonyl (C=O) groups excluding carboxylic acids is 2. The molecule has 2 saturated heterocycles. The number of rotatable bonds is 2. The van der Waals surface area contributed by atoms with Gasteiger partial charge in [0.25, 0.3) is 0 Å². The van der Waals surface area contributed by atoms with E-state index in [9.17, 15) is 9.59 Å². The van der Waals surface area contributed by atoms with Crippen LogP contribution in [-0.2, 0) is 9.53 Å². The van der Waals surface area contributed by atoms with E-state index in [4.69, 9.17) is 4.74 Å². The predicted octanol–water partition coefficient (Wildman–Crippen LogP) is 1.07. The van der Waals surface area contributed by atoms with E-state index in [1.807, 2.05) is 37.3 Å². The van der Waals surface area contributed by atoms with Gasteiger partial charge in [-0.1, -0.05) is 30.3 Å². The number of fused-ring (bicyclic) bond motifs is 1. The lowest BCUT2D eigenvalue weighted by Gasteiger charge is -2.27. The standard InChI is InChI=1S/C13H14N2O3/c1-8(9-5-3-2-4-6-9)15-10-7-18-12(16)11(10)14-13(15)17/h2-6,8,10-11H,7H2,1H3,(H,14,17)/t8-,10-,11-/m0/s1. The van der Waals surface area contributed by atoms with Gasteiger partial charge in [-0.3, -0.25) is 0 Å². The normalized spacial score (nSPS) is 27.7. The van der Waals surface area contributed by atoms with Crippen LogP contribution in [0.2, 0.25) is 0 Å². The Morgan fingerprint density at radius 2 is 2.06 bits per heavy atom. The largest absolute Gasteiger partial charge is 0.462 e. The van der Waals surface area contributed by atoms with Crippen molar-refractivity contribution < 1.29 is 14.3 Å². The van der Waals surface area contributed by atoms with E-state index in [0.29, 0.717) is 0 Å². The second kappa shape index (κ2) is 4.01. The van der Waals surface area contributed by atoms with Crippen molar-refractivity contribution in [2.45, 2.75) is 25.0 Å². The van der Waals surface area contributed by atoms with Crippen molar-refractivity contribution in [3.63, 3.8) is 0 Å². The fourth-order valence-electron chi connectivity index (χ4n) is 2.62. The van der Waals surface area contributed by atoms with Gasteiger partial charge in [-0.15, -0.1) is 0 Å². The third kappa shape index (κ3) is 1.54. The number of cyclic esters (lactones) is 1. The number of nitrogens with one attached hydrogen (secondary N) is 1. The molecule has 0 unspecified atom stereocenters. The molecule has 3 atom stereocenters. The van der Waals surface area contributed by atoms with Crippen molar-refractivity contribution in [3.05, 3.63) is 35.9 Å². The van der Waals surface area contributed by atoms with Crippen LogP contribution >= 0.6 is 0 Å². The van der Waals surface area contributed by atoms with Crippen LogP contribution in [0.5, 0.6) is 0 Å². The Bertz CT molecular complexity index is 488. The van der Waals surface area contributed by atoms with Gasteiger partial charge < -0.3 is 15.0 Å². The van der Waals surface area contributed by atoms with Crippen LogP contribution in [0.4, 0.5) is 4.79 Å². The van der Waals surface area contributed by atoms with Gasteiger partial charge >= 0.3 is 12.0 Å². The fourth-order valence-corrected chi connectivity index (χ4v) is 2.62. The first-order valence-electron chi connectivity index (χ1n) is 5.99. The van der Waals surface area contributed by atoms with Crippen LogP contribution < -0.4 is 5.32 Å². The number of hydrogen-bond donors (Lipinski definition) is 1. The average molecular weight is 246 g/mol. The number of hydrogen-bond acceptors (Lipinski definition) is 3. The first-order valence-corrected chi connectivity index (χ1v) is 5.99. The van der Waals surface area contributed by atoms with Crippen molar-refractivity contribution in [3.8, 4) is 0 Å². The molecule has 0 saturated carbocycles. The Morgan fingerprint density at radius 1 is 1.33 bits per heavy atom. The summed E-state index contributed by atoms with van der Waals surface area (Å²) in [6, 6.07) is 8.79. The molecule has 5 heteroatoms. The number of amides is 2. The summed E-state index contributed by atoms with van der Waals surface area (Å²) in [6.07, 6.45) is 0. The van der Waals surface area contributed by atoms with Gasteiger partial charge in [-0.25, -0.2) is 9.59 Å². The molecule has 0 radical (unpaired) electrons. The highest BCUT2D eigenvalue weighted by atomic mass is 16.5. The number of ether oxygens (including phenoxy) is 1.